The number of piperidine rings is 1. The molecule has 1 N–H and O–H groups in total. The van der Waals surface area contributed by atoms with Gasteiger partial charge >= 0.3 is 0 Å². The third kappa shape index (κ3) is 3.58. The first-order chi connectivity index (χ1) is 7.84. The summed E-state index contributed by atoms with van der Waals surface area (Å²) in [7, 11) is 2.17. The number of rotatable bonds is 4. The summed E-state index contributed by atoms with van der Waals surface area (Å²) >= 11 is 0. The Labute approximate surface area is 97.9 Å². The lowest BCUT2D eigenvalue weighted by Crippen LogP contribution is -2.42. The summed E-state index contributed by atoms with van der Waals surface area (Å²) in [6.07, 6.45) is 5.88. The number of likely N-dealkylation sites (N-methyl/N-ethyl adjacent to an activating group) is 1. The van der Waals surface area contributed by atoms with Crippen molar-refractivity contribution in [3.05, 3.63) is 30.1 Å². The Kier molecular flexibility index (Phi) is 4.31. The van der Waals surface area contributed by atoms with E-state index in [0.717, 1.165) is 18.8 Å². The molecule has 0 radical (unpaired) electrons. The fourth-order valence-corrected chi connectivity index (χ4v) is 2.29. The third-order valence-electron chi connectivity index (χ3n) is 3.10. The van der Waals surface area contributed by atoms with Gasteiger partial charge in [-0.25, -0.2) is 0 Å². The molecule has 1 aliphatic rings. The largest absolute Gasteiger partial charge is 0.313 e. The van der Waals surface area contributed by atoms with Crippen LogP contribution >= 0.6 is 0 Å². The van der Waals surface area contributed by atoms with Gasteiger partial charge in [0, 0.05) is 25.3 Å². The summed E-state index contributed by atoms with van der Waals surface area (Å²) in [6.45, 7) is 3.25. The fourth-order valence-electron chi connectivity index (χ4n) is 2.29. The summed E-state index contributed by atoms with van der Waals surface area (Å²) in [5.74, 6) is 0. The van der Waals surface area contributed by atoms with Gasteiger partial charge in [0.05, 0.1) is 5.69 Å². The van der Waals surface area contributed by atoms with Gasteiger partial charge in [-0.3, -0.25) is 9.88 Å². The van der Waals surface area contributed by atoms with Crippen LogP contribution in [-0.2, 0) is 6.54 Å². The lowest BCUT2D eigenvalue weighted by molar-refractivity contribution is 0.254. The van der Waals surface area contributed by atoms with Gasteiger partial charge in [-0.1, -0.05) is 12.5 Å². The van der Waals surface area contributed by atoms with Crippen LogP contribution in [0.5, 0.6) is 0 Å². The molecule has 0 bridgehead atoms. The highest BCUT2D eigenvalue weighted by Gasteiger charge is 2.14. The van der Waals surface area contributed by atoms with Gasteiger partial charge in [0.2, 0.25) is 0 Å². The van der Waals surface area contributed by atoms with Crippen molar-refractivity contribution in [1.82, 2.24) is 15.2 Å². The standard InChI is InChI=1S/C13H21N3/c1-16(10-12-6-2-4-8-14-12)11-13-7-3-5-9-15-13/h2,4,6,8,13,15H,3,5,7,9-11H2,1H3/t13-/m1/s1. The minimum Gasteiger partial charge on any atom is -0.313 e. The molecule has 0 amide bonds. The Morgan fingerprint density at radius 2 is 2.38 bits per heavy atom. The molecule has 0 unspecified atom stereocenters. The maximum atomic E-state index is 4.35. The number of hydrogen-bond donors (Lipinski definition) is 1. The zero-order valence-electron chi connectivity index (χ0n) is 10.0. The predicted octanol–water partition coefficient (Wildman–Crippen LogP) is 1.66. The maximum Gasteiger partial charge on any atom is 0.0543 e. The lowest BCUT2D eigenvalue weighted by atomic mass is 10.0. The molecule has 3 heteroatoms. The SMILES string of the molecule is CN(Cc1ccccn1)C[C@H]1CCCCN1. The first-order valence-electron chi connectivity index (χ1n) is 6.16. The highest BCUT2D eigenvalue weighted by Crippen LogP contribution is 2.09. The van der Waals surface area contributed by atoms with Crippen LogP contribution in [0, 0.1) is 0 Å². The number of hydrogen-bond acceptors (Lipinski definition) is 3. The van der Waals surface area contributed by atoms with Gasteiger partial charge < -0.3 is 5.32 Å². The molecule has 1 aromatic rings. The van der Waals surface area contributed by atoms with E-state index in [1.165, 1.54) is 25.8 Å². The highest BCUT2D eigenvalue weighted by molar-refractivity contribution is 5.03. The van der Waals surface area contributed by atoms with Crippen molar-refractivity contribution < 1.29 is 0 Å². The average Bonchev–Trinajstić information content (AvgIpc) is 2.31. The zero-order chi connectivity index (χ0) is 11.2. The second kappa shape index (κ2) is 5.97. The Bertz CT molecular complexity index is 293. The Morgan fingerprint density at radius 1 is 1.44 bits per heavy atom. The van der Waals surface area contributed by atoms with Crippen LogP contribution in [0.15, 0.2) is 24.4 Å². The van der Waals surface area contributed by atoms with Crippen LogP contribution in [0.25, 0.3) is 0 Å². The minimum absolute atomic E-state index is 0.669. The first kappa shape index (κ1) is 11.6. The van der Waals surface area contributed by atoms with Crippen molar-refractivity contribution in [2.75, 3.05) is 20.1 Å². The molecule has 0 spiro atoms. The summed E-state index contributed by atoms with van der Waals surface area (Å²) in [6, 6.07) is 6.77. The molecule has 0 aliphatic carbocycles. The van der Waals surface area contributed by atoms with Gasteiger partial charge in [-0.2, -0.15) is 0 Å². The van der Waals surface area contributed by atoms with Crippen LogP contribution in [0.4, 0.5) is 0 Å². The van der Waals surface area contributed by atoms with E-state index in [9.17, 15) is 0 Å². The number of nitrogens with one attached hydrogen (secondary N) is 1. The van der Waals surface area contributed by atoms with E-state index in [-0.39, 0.29) is 0 Å². The topological polar surface area (TPSA) is 28.2 Å². The minimum atomic E-state index is 0.669. The Morgan fingerprint density at radius 3 is 3.06 bits per heavy atom. The van der Waals surface area contributed by atoms with E-state index in [0.29, 0.717) is 6.04 Å². The molecule has 0 saturated carbocycles. The van der Waals surface area contributed by atoms with E-state index in [2.05, 4.69) is 34.4 Å². The van der Waals surface area contributed by atoms with Gasteiger partial charge in [0.1, 0.15) is 0 Å². The molecule has 2 heterocycles. The first-order valence-corrected chi connectivity index (χ1v) is 6.16. The number of nitrogens with zero attached hydrogens (tertiary/aromatic N) is 2. The smallest absolute Gasteiger partial charge is 0.0543 e. The molecule has 1 fully saturated rings. The molecule has 16 heavy (non-hydrogen) atoms. The summed E-state index contributed by atoms with van der Waals surface area (Å²) < 4.78 is 0. The molecule has 3 nitrogen and oxygen atoms in total. The molecule has 1 saturated heterocycles. The van der Waals surface area contributed by atoms with Crippen LogP contribution in [0.1, 0.15) is 25.0 Å². The van der Waals surface area contributed by atoms with E-state index >= 15 is 0 Å². The van der Waals surface area contributed by atoms with Crippen molar-refractivity contribution >= 4 is 0 Å². The van der Waals surface area contributed by atoms with E-state index in [1.54, 1.807) is 0 Å². The Balaban J connectivity index is 1.77. The van der Waals surface area contributed by atoms with Crippen molar-refractivity contribution in [3.8, 4) is 0 Å². The number of aromatic nitrogens is 1. The van der Waals surface area contributed by atoms with Crippen LogP contribution in [0.3, 0.4) is 0 Å². The summed E-state index contributed by atoms with van der Waals surface area (Å²) in [5.41, 5.74) is 1.15. The van der Waals surface area contributed by atoms with Crippen LogP contribution in [-0.4, -0.2) is 36.1 Å². The second-order valence-electron chi connectivity index (χ2n) is 4.66. The molecular formula is C13H21N3. The lowest BCUT2D eigenvalue weighted by Gasteiger charge is -2.27. The zero-order valence-corrected chi connectivity index (χ0v) is 10.0. The van der Waals surface area contributed by atoms with E-state index in [1.807, 2.05) is 12.3 Å². The van der Waals surface area contributed by atoms with Gasteiger partial charge in [0.25, 0.3) is 0 Å². The highest BCUT2D eigenvalue weighted by atomic mass is 15.1. The van der Waals surface area contributed by atoms with Gasteiger partial charge in [-0.05, 0) is 38.6 Å². The molecule has 1 aliphatic heterocycles. The second-order valence-corrected chi connectivity index (χ2v) is 4.66. The van der Waals surface area contributed by atoms with Gasteiger partial charge in [0.15, 0.2) is 0 Å². The van der Waals surface area contributed by atoms with Gasteiger partial charge in [-0.15, -0.1) is 0 Å². The average molecular weight is 219 g/mol. The third-order valence-corrected chi connectivity index (χ3v) is 3.10. The Hall–Kier alpha value is -0.930. The molecule has 2 rings (SSSR count). The normalized spacial score (nSPS) is 21.2. The maximum absolute atomic E-state index is 4.35. The molecule has 0 aromatic carbocycles. The van der Waals surface area contributed by atoms with Crippen LogP contribution in [0.2, 0.25) is 0 Å². The van der Waals surface area contributed by atoms with Crippen molar-refractivity contribution in [2.24, 2.45) is 0 Å². The molecule has 88 valence electrons. The fraction of sp³-hybridized carbons (Fsp3) is 0.615. The number of pyridine rings is 1. The van der Waals surface area contributed by atoms with Crippen molar-refractivity contribution in [3.63, 3.8) is 0 Å². The molecule has 1 atom stereocenters. The van der Waals surface area contributed by atoms with Crippen molar-refractivity contribution in [1.29, 1.82) is 0 Å². The summed E-state index contributed by atoms with van der Waals surface area (Å²) in [4.78, 5) is 6.70. The van der Waals surface area contributed by atoms with E-state index in [4.69, 9.17) is 0 Å². The summed E-state index contributed by atoms with van der Waals surface area (Å²) in [5, 5.41) is 3.57. The molecular weight excluding hydrogens is 198 g/mol. The quantitative estimate of drug-likeness (QED) is 0.834. The monoisotopic (exact) mass is 219 g/mol. The van der Waals surface area contributed by atoms with E-state index < -0.39 is 0 Å². The van der Waals surface area contributed by atoms with Crippen LogP contribution < -0.4 is 5.32 Å². The van der Waals surface area contributed by atoms with Crippen molar-refractivity contribution in [2.45, 2.75) is 31.8 Å². The predicted molar refractivity (Wildman–Crippen MR) is 66.2 cm³/mol. The molecule has 1 aromatic heterocycles.